The molecule has 1 aliphatic rings. The van der Waals surface area contributed by atoms with E-state index in [-0.39, 0.29) is 17.0 Å². The average Bonchev–Trinajstić information content (AvgIpc) is 2.83. The van der Waals surface area contributed by atoms with Gasteiger partial charge in [0.2, 0.25) is 10.0 Å². The van der Waals surface area contributed by atoms with Crippen molar-refractivity contribution in [3.63, 3.8) is 0 Å². The molecule has 1 aromatic carbocycles. The summed E-state index contributed by atoms with van der Waals surface area (Å²) in [5, 5.41) is 0. The summed E-state index contributed by atoms with van der Waals surface area (Å²) in [6, 6.07) is 4.33. The van der Waals surface area contributed by atoms with Crippen molar-refractivity contribution in [3.8, 4) is 5.75 Å². The Hall–Kier alpha value is -1.31. The number of methoxy groups -OCH3 is 1. The molecule has 7 heteroatoms. The van der Waals surface area contributed by atoms with Gasteiger partial charge in [-0.15, -0.1) is 0 Å². The highest BCUT2D eigenvalue weighted by atomic mass is 32.2. The first-order valence-corrected chi connectivity index (χ1v) is 7.85. The van der Waals surface area contributed by atoms with Crippen LogP contribution in [0.5, 0.6) is 5.75 Å². The molecule has 112 valence electrons. The molecule has 1 saturated heterocycles. The second kappa shape index (κ2) is 5.59. The van der Waals surface area contributed by atoms with E-state index in [0.717, 1.165) is 0 Å². The minimum absolute atomic E-state index is 0.106. The van der Waals surface area contributed by atoms with Crippen LogP contribution in [0.4, 0.5) is 5.69 Å². The molecule has 0 saturated carbocycles. The first-order valence-electron chi connectivity index (χ1n) is 6.41. The summed E-state index contributed by atoms with van der Waals surface area (Å²) < 4.78 is 37.0. The molecule has 1 aliphatic heterocycles. The topological polar surface area (TPSA) is 81.9 Å². The molecule has 1 fully saturated rings. The fourth-order valence-corrected chi connectivity index (χ4v) is 3.90. The Labute approximate surface area is 119 Å². The first kappa shape index (κ1) is 15.1. The summed E-state index contributed by atoms with van der Waals surface area (Å²) in [5.41, 5.74) is 6.08. The van der Waals surface area contributed by atoms with Gasteiger partial charge in [-0.1, -0.05) is 0 Å². The monoisotopic (exact) mass is 300 g/mol. The van der Waals surface area contributed by atoms with E-state index >= 15 is 0 Å². The number of anilines is 1. The maximum absolute atomic E-state index is 12.6. The van der Waals surface area contributed by atoms with Crippen molar-refractivity contribution in [2.24, 2.45) is 0 Å². The lowest BCUT2D eigenvalue weighted by molar-refractivity contribution is 0.102. The van der Waals surface area contributed by atoms with Crippen molar-refractivity contribution in [2.75, 3.05) is 26.5 Å². The van der Waals surface area contributed by atoms with Gasteiger partial charge in [0.05, 0.1) is 29.8 Å². The molecule has 0 radical (unpaired) electrons. The average molecular weight is 300 g/mol. The summed E-state index contributed by atoms with van der Waals surface area (Å²) in [7, 11) is -0.520. The Morgan fingerprint density at radius 3 is 2.65 bits per heavy atom. The summed E-state index contributed by atoms with van der Waals surface area (Å²) in [5.74, 6) is 0.462. The zero-order valence-electron chi connectivity index (χ0n) is 11.9. The molecule has 6 nitrogen and oxygen atoms in total. The summed E-state index contributed by atoms with van der Waals surface area (Å²) in [6.45, 7) is 2.46. The highest BCUT2D eigenvalue weighted by Gasteiger charge is 2.35. The lowest BCUT2D eigenvalue weighted by atomic mass is 10.2. The van der Waals surface area contributed by atoms with Crippen LogP contribution in [0.2, 0.25) is 0 Å². The van der Waals surface area contributed by atoms with Crippen LogP contribution in [-0.4, -0.2) is 45.6 Å². The normalized spacial score (nSPS) is 23.2. The number of hydrogen-bond donors (Lipinski definition) is 1. The van der Waals surface area contributed by atoms with Gasteiger partial charge in [0, 0.05) is 13.7 Å². The largest absolute Gasteiger partial charge is 0.495 e. The maximum atomic E-state index is 12.6. The fourth-order valence-electron chi connectivity index (χ4n) is 2.42. The van der Waals surface area contributed by atoms with Gasteiger partial charge in [0.25, 0.3) is 0 Å². The van der Waals surface area contributed by atoms with Crippen LogP contribution in [0.3, 0.4) is 0 Å². The van der Waals surface area contributed by atoms with Gasteiger partial charge in [0.15, 0.2) is 0 Å². The molecular weight excluding hydrogens is 280 g/mol. The van der Waals surface area contributed by atoms with Crippen LogP contribution in [0.15, 0.2) is 23.1 Å². The van der Waals surface area contributed by atoms with Crippen LogP contribution in [0.25, 0.3) is 0 Å². The number of nitrogen functional groups attached to an aromatic ring is 1. The number of sulfonamides is 1. The first-order chi connectivity index (χ1) is 9.37. The van der Waals surface area contributed by atoms with Crippen LogP contribution in [0.1, 0.15) is 13.3 Å². The van der Waals surface area contributed by atoms with Crippen molar-refractivity contribution in [1.29, 1.82) is 0 Å². The molecule has 2 unspecified atom stereocenters. The predicted molar refractivity (Wildman–Crippen MR) is 76.2 cm³/mol. The van der Waals surface area contributed by atoms with Crippen molar-refractivity contribution in [1.82, 2.24) is 4.31 Å². The van der Waals surface area contributed by atoms with E-state index < -0.39 is 10.0 Å². The van der Waals surface area contributed by atoms with E-state index in [0.29, 0.717) is 24.5 Å². The third kappa shape index (κ3) is 2.61. The Bertz CT molecular complexity index is 588. The minimum atomic E-state index is -3.59. The minimum Gasteiger partial charge on any atom is -0.495 e. The van der Waals surface area contributed by atoms with Gasteiger partial charge in [-0.25, -0.2) is 8.42 Å². The Morgan fingerprint density at radius 1 is 1.45 bits per heavy atom. The standard InChI is InChI=1S/C13H20N2O4S/c1-9-12(6-7-19-9)15(2)20(16,17)10-4-5-13(18-3)11(14)8-10/h4-5,8-9,12H,6-7,14H2,1-3H3. The van der Waals surface area contributed by atoms with E-state index in [1.54, 1.807) is 13.1 Å². The number of likely N-dealkylation sites (N-methyl/N-ethyl adjacent to an activating group) is 1. The summed E-state index contributed by atoms with van der Waals surface area (Å²) in [6.07, 6.45) is 0.591. The number of nitrogens with zero attached hydrogens (tertiary/aromatic N) is 1. The molecule has 20 heavy (non-hydrogen) atoms. The molecule has 2 atom stereocenters. The Balaban J connectivity index is 2.32. The second-order valence-corrected chi connectivity index (χ2v) is 6.85. The number of benzene rings is 1. The fraction of sp³-hybridized carbons (Fsp3) is 0.538. The lowest BCUT2D eigenvalue weighted by Crippen LogP contribution is -2.40. The molecule has 2 rings (SSSR count). The van der Waals surface area contributed by atoms with Crippen LogP contribution in [-0.2, 0) is 14.8 Å². The Kier molecular flexibility index (Phi) is 4.22. The van der Waals surface area contributed by atoms with E-state index in [1.807, 2.05) is 6.92 Å². The molecule has 0 amide bonds. The van der Waals surface area contributed by atoms with Crippen molar-refractivity contribution < 1.29 is 17.9 Å². The SMILES string of the molecule is COc1ccc(S(=O)(=O)N(C)C2CCOC2C)cc1N. The van der Waals surface area contributed by atoms with E-state index in [1.165, 1.54) is 23.5 Å². The highest BCUT2D eigenvalue weighted by Crippen LogP contribution is 2.28. The maximum Gasteiger partial charge on any atom is 0.243 e. The van der Waals surface area contributed by atoms with Crippen molar-refractivity contribution in [2.45, 2.75) is 30.4 Å². The Morgan fingerprint density at radius 2 is 2.15 bits per heavy atom. The van der Waals surface area contributed by atoms with Gasteiger partial charge in [-0.05, 0) is 31.5 Å². The third-order valence-corrected chi connectivity index (χ3v) is 5.56. The molecule has 0 aromatic heterocycles. The third-order valence-electron chi connectivity index (χ3n) is 3.68. The summed E-state index contributed by atoms with van der Waals surface area (Å²) in [4.78, 5) is 0.164. The molecule has 0 bridgehead atoms. The van der Waals surface area contributed by atoms with Gasteiger partial charge in [-0.3, -0.25) is 0 Å². The van der Waals surface area contributed by atoms with E-state index in [9.17, 15) is 8.42 Å². The number of nitrogens with two attached hydrogens (primary N) is 1. The molecule has 1 aromatic rings. The number of rotatable bonds is 4. The quantitative estimate of drug-likeness (QED) is 0.841. The zero-order chi connectivity index (χ0) is 14.9. The second-order valence-electron chi connectivity index (χ2n) is 4.86. The molecule has 0 aliphatic carbocycles. The van der Waals surface area contributed by atoms with Crippen molar-refractivity contribution in [3.05, 3.63) is 18.2 Å². The van der Waals surface area contributed by atoms with Gasteiger partial charge in [-0.2, -0.15) is 4.31 Å². The molecule has 2 N–H and O–H groups in total. The van der Waals surface area contributed by atoms with E-state index in [2.05, 4.69) is 0 Å². The van der Waals surface area contributed by atoms with E-state index in [4.69, 9.17) is 15.2 Å². The van der Waals surface area contributed by atoms with Crippen LogP contribution >= 0.6 is 0 Å². The summed E-state index contributed by atoms with van der Waals surface area (Å²) >= 11 is 0. The smallest absolute Gasteiger partial charge is 0.243 e. The van der Waals surface area contributed by atoms with Gasteiger partial charge >= 0.3 is 0 Å². The van der Waals surface area contributed by atoms with Crippen molar-refractivity contribution >= 4 is 15.7 Å². The number of hydrogen-bond acceptors (Lipinski definition) is 5. The predicted octanol–water partition coefficient (Wildman–Crippen LogP) is 1.08. The highest BCUT2D eigenvalue weighted by molar-refractivity contribution is 7.89. The molecule has 0 spiro atoms. The molecule has 1 heterocycles. The van der Waals surface area contributed by atoms with Crippen LogP contribution in [0, 0.1) is 0 Å². The van der Waals surface area contributed by atoms with Gasteiger partial charge < -0.3 is 15.2 Å². The zero-order valence-corrected chi connectivity index (χ0v) is 12.7. The number of ether oxygens (including phenoxy) is 2. The van der Waals surface area contributed by atoms with Gasteiger partial charge in [0.1, 0.15) is 5.75 Å². The molecular formula is C13H20N2O4S. The lowest BCUT2D eigenvalue weighted by Gasteiger charge is -2.26. The van der Waals surface area contributed by atoms with Crippen LogP contribution < -0.4 is 10.5 Å².